The summed E-state index contributed by atoms with van der Waals surface area (Å²) < 4.78 is 0. The van der Waals surface area contributed by atoms with E-state index in [1.165, 1.54) is 0 Å². The van der Waals surface area contributed by atoms with E-state index in [4.69, 9.17) is 0 Å². The van der Waals surface area contributed by atoms with E-state index in [-0.39, 0.29) is 11.8 Å². The molecule has 0 heterocycles. The molecule has 0 radical (unpaired) electrons. The summed E-state index contributed by atoms with van der Waals surface area (Å²) in [7, 11) is 0. The van der Waals surface area contributed by atoms with Crippen LogP contribution in [0.2, 0.25) is 0 Å². The molecule has 0 aromatic heterocycles. The van der Waals surface area contributed by atoms with Crippen LogP contribution in [0.5, 0.6) is 0 Å². The Morgan fingerprint density at radius 2 is 1.88 bits per heavy atom. The summed E-state index contributed by atoms with van der Waals surface area (Å²) in [6, 6.07) is 0. The van der Waals surface area contributed by atoms with E-state index in [0.717, 1.165) is 18.5 Å². The van der Waals surface area contributed by atoms with E-state index in [1.807, 2.05) is 13.8 Å². The van der Waals surface area contributed by atoms with E-state index in [1.54, 1.807) is 18.2 Å². The number of amides is 1. The predicted molar refractivity (Wildman–Crippen MR) is 69.9 cm³/mol. The SMILES string of the molecule is C=C/C=C(\C=C)NC(=O)C1CC(C)C1.CC. The highest BCUT2D eigenvalue weighted by molar-refractivity contribution is 5.81. The molecule has 1 saturated carbocycles. The molecule has 2 nitrogen and oxygen atoms in total. The summed E-state index contributed by atoms with van der Waals surface area (Å²) in [6.07, 6.45) is 7.02. The number of hydrogen-bond acceptors (Lipinski definition) is 1. The quantitative estimate of drug-likeness (QED) is 0.724. The molecule has 1 aliphatic rings. The van der Waals surface area contributed by atoms with Crippen molar-refractivity contribution in [3.63, 3.8) is 0 Å². The standard InChI is InChI=1S/C12H17NO.C2H6/c1-4-6-11(5-2)13-12(14)10-7-9(3)8-10;1-2/h4-6,9-10H,1-2,7-8H2,3H3,(H,13,14);1-2H3/b11-6+;. The normalized spacial score (nSPS) is 23.3. The molecular formula is C14H23NO. The number of nitrogens with one attached hydrogen (secondary N) is 1. The largest absolute Gasteiger partial charge is 0.326 e. The zero-order valence-corrected chi connectivity index (χ0v) is 10.6. The highest BCUT2D eigenvalue weighted by atomic mass is 16.1. The minimum absolute atomic E-state index is 0.108. The summed E-state index contributed by atoms with van der Waals surface area (Å²) in [6.45, 7) is 13.4. The highest BCUT2D eigenvalue weighted by Crippen LogP contribution is 2.33. The molecule has 1 rings (SSSR count). The van der Waals surface area contributed by atoms with Crippen LogP contribution in [-0.4, -0.2) is 5.91 Å². The molecule has 1 N–H and O–H groups in total. The minimum atomic E-state index is 0.108. The van der Waals surface area contributed by atoms with E-state index in [9.17, 15) is 4.79 Å². The van der Waals surface area contributed by atoms with Crippen LogP contribution in [0.15, 0.2) is 37.1 Å². The van der Waals surface area contributed by atoms with Crippen molar-refractivity contribution in [1.29, 1.82) is 0 Å². The van der Waals surface area contributed by atoms with Crippen LogP contribution in [0.4, 0.5) is 0 Å². The monoisotopic (exact) mass is 221 g/mol. The third-order valence-corrected chi connectivity index (χ3v) is 2.53. The van der Waals surface area contributed by atoms with E-state index < -0.39 is 0 Å². The van der Waals surface area contributed by atoms with Gasteiger partial charge in [-0.25, -0.2) is 0 Å². The van der Waals surface area contributed by atoms with Crippen molar-refractivity contribution in [3.05, 3.63) is 37.1 Å². The first-order valence-corrected chi connectivity index (χ1v) is 5.93. The minimum Gasteiger partial charge on any atom is -0.326 e. The number of carbonyl (C=O) groups is 1. The van der Waals surface area contributed by atoms with Gasteiger partial charge in [-0.1, -0.05) is 40.0 Å². The molecule has 0 aromatic rings. The Hall–Kier alpha value is -1.31. The van der Waals surface area contributed by atoms with Gasteiger partial charge in [0.25, 0.3) is 0 Å². The van der Waals surface area contributed by atoms with Gasteiger partial charge < -0.3 is 5.32 Å². The molecule has 0 unspecified atom stereocenters. The smallest absolute Gasteiger partial charge is 0.227 e. The summed E-state index contributed by atoms with van der Waals surface area (Å²) in [4.78, 5) is 11.6. The Labute approximate surface area is 99.1 Å². The van der Waals surface area contributed by atoms with Crippen molar-refractivity contribution in [2.24, 2.45) is 11.8 Å². The predicted octanol–water partition coefficient (Wildman–Crippen LogP) is 3.43. The van der Waals surface area contributed by atoms with Crippen LogP contribution in [-0.2, 0) is 4.79 Å². The van der Waals surface area contributed by atoms with Crippen molar-refractivity contribution in [2.75, 3.05) is 0 Å². The molecule has 1 aliphatic carbocycles. The molecule has 0 aromatic carbocycles. The number of hydrogen-bond donors (Lipinski definition) is 1. The molecule has 0 atom stereocenters. The fourth-order valence-electron chi connectivity index (χ4n) is 1.65. The lowest BCUT2D eigenvalue weighted by molar-refractivity contribution is -0.127. The first-order chi connectivity index (χ1) is 7.67. The maximum atomic E-state index is 11.6. The average molecular weight is 221 g/mol. The van der Waals surface area contributed by atoms with Crippen LogP contribution in [0.3, 0.4) is 0 Å². The first kappa shape index (κ1) is 14.7. The zero-order chi connectivity index (χ0) is 12.6. The van der Waals surface area contributed by atoms with Crippen LogP contribution in [0.1, 0.15) is 33.6 Å². The third-order valence-electron chi connectivity index (χ3n) is 2.53. The molecule has 0 saturated heterocycles. The van der Waals surface area contributed by atoms with Gasteiger partial charge in [-0.2, -0.15) is 0 Å². The Morgan fingerprint density at radius 1 is 1.31 bits per heavy atom. The molecular weight excluding hydrogens is 198 g/mol. The van der Waals surface area contributed by atoms with Gasteiger partial charge in [0.05, 0.1) is 0 Å². The first-order valence-electron chi connectivity index (χ1n) is 5.93. The van der Waals surface area contributed by atoms with Crippen molar-refractivity contribution in [3.8, 4) is 0 Å². The summed E-state index contributed by atoms with van der Waals surface area (Å²) >= 11 is 0. The Bertz CT molecular complexity index is 272. The average Bonchev–Trinajstić information content (AvgIpc) is 2.26. The van der Waals surface area contributed by atoms with Gasteiger partial charge in [-0.05, 0) is 30.9 Å². The van der Waals surface area contributed by atoms with Crippen molar-refractivity contribution >= 4 is 5.91 Å². The van der Waals surface area contributed by atoms with Crippen molar-refractivity contribution in [1.82, 2.24) is 5.32 Å². The Kier molecular flexibility index (Phi) is 7.27. The topological polar surface area (TPSA) is 29.1 Å². The lowest BCUT2D eigenvalue weighted by Gasteiger charge is -2.31. The summed E-state index contributed by atoms with van der Waals surface area (Å²) in [5.74, 6) is 0.996. The highest BCUT2D eigenvalue weighted by Gasteiger charge is 2.31. The van der Waals surface area contributed by atoms with Gasteiger partial charge in [0.2, 0.25) is 5.91 Å². The Morgan fingerprint density at radius 3 is 2.25 bits per heavy atom. The molecule has 90 valence electrons. The summed E-state index contributed by atoms with van der Waals surface area (Å²) in [5.41, 5.74) is 0.726. The molecule has 1 fully saturated rings. The molecule has 16 heavy (non-hydrogen) atoms. The van der Waals surface area contributed by atoms with Gasteiger partial charge in [-0.3, -0.25) is 4.79 Å². The third kappa shape index (κ3) is 4.47. The van der Waals surface area contributed by atoms with E-state index >= 15 is 0 Å². The molecule has 2 heteroatoms. The molecule has 0 aliphatic heterocycles. The fraction of sp³-hybridized carbons (Fsp3) is 0.500. The zero-order valence-electron chi connectivity index (χ0n) is 10.6. The maximum Gasteiger partial charge on any atom is 0.227 e. The van der Waals surface area contributed by atoms with Crippen molar-refractivity contribution in [2.45, 2.75) is 33.6 Å². The second-order valence-electron chi connectivity index (χ2n) is 3.82. The number of allylic oxidation sites excluding steroid dienone is 3. The number of rotatable bonds is 4. The Balaban J connectivity index is 0.00000106. The van der Waals surface area contributed by atoms with Crippen LogP contribution >= 0.6 is 0 Å². The van der Waals surface area contributed by atoms with Gasteiger partial charge in [0.1, 0.15) is 0 Å². The van der Waals surface area contributed by atoms with E-state index in [0.29, 0.717) is 5.92 Å². The van der Waals surface area contributed by atoms with Gasteiger partial charge in [-0.15, -0.1) is 0 Å². The number of carbonyl (C=O) groups excluding carboxylic acids is 1. The van der Waals surface area contributed by atoms with Gasteiger partial charge in [0.15, 0.2) is 0 Å². The molecule has 0 spiro atoms. The van der Waals surface area contributed by atoms with Crippen molar-refractivity contribution < 1.29 is 4.79 Å². The van der Waals surface area contributed by atoms with Gasteiger partial charge >= 0.3 is 0 Å². The van der Waals surface area contributed by atoms with E-state index in [2.05, 4.69) is 25.4 Å². The lowest BCUT2D eigenvalue weighted by atomic mass is 9.75. The molecule has 0 bridgehead atoms. The van der Waals surface area contributed by atoms with Crippen LogP contribution in [0, 0.1) is 11.8 Å². The summed E-state index contributed by atoms with van der Waals surface area (Å²) in [5, 5.41) is 2.82. The second-order valence-corrected chi connectivity index (χ2v) is 3.82. The van der Waals surface area contributed by atoms with Crippen LogP contribution < -0.4 is 5.32 Å². The second kappa shape index (κ2) is 7.91. The maximum absolute atomic E-state index is 11.6. The lowest BCUT2D eigenvalue weighted by Crippen LogP contribution is -2.37. The molecule has 1 amide bonds. The fourth-order valence-corrected chi connectivity index (χ4v) is 1.65. The van der Waals surface area contributed by atoms with Crippen LogP contribution in [0.25, 0.3) is 0 Å². The van der Waals surface area contributed by atoms with Gasteiger partial charge in [0, 0.05) is 11.6 Å².